The number of nitrogens with two attached hydrogens (primary N) is 1. The molecule has 0 bridgehead atoms. The zero-order chi connectivity index (χ0) is 12.8. The number of nitrogens with zero attached hydrogens (tertiary/aromatic N) is 1. The van der Waals surface area contributed by atoms with Gasteiger partial charge in [0.05, 0.1) is 19.0 Å². The van der Waals surface area contributed by atoms with Crippen molar-refractivity contribution in [3.63, 3.8) is 0 Å². The van der Waals surface area contributed by atoms with Crippen LogP contribution in [-0.4, -0.2) is 38.7 Å². The summed E-state index contributed by atoms with van der Waals surface area (Å²) in [5, 5.41) is 10.4. The molecule has 98 valence electrons. The smallest absolute Gasteiger partial charge is 0.0923 e. The van der Waals surface area contributed by atoms with Gasteiger partial charge in [0.2, 0.25) is 0 Å². The fourth-order valence-corrected chi connectivity index (χ4v) is 1.95. The summed E-state index contributed by atoms with van der Waals surface area (Å²) in [6.07, 6.45) is 0.575. The van der Waals surface area contributed by atoms with Gasteiger partial charge in [-0.15, -0.1) is 0 Å². The van der Waals surface area contributed by atoms with Crippen LogP contribution < -0.4 is 16.0 Å². The van der Waals surface area contributed by atoms with Crippen molar-refractivity contribution in [3.8, 4) is 0 Å². The first kappa shape index (κ1) is 12.7. The van der Waals surface area contributed by atoms with E-state index < -0.39 is 0 Å². The first-order valence-corrected chi connectivity index (χ1v) is 6.25. The van der Waals surface area contributed by atoms with E-state index in [0.29, 0.717) is 13.0 Å². The fraction of sp³-hybridized carbons (Fsp3) is 0.462. The van der Waals surface area contributed by atoms with Gasteiger partial charge in [0.1, 0.15) is 0 Å². The second kappa shape index (κ2) is 6.26. The van der Waals surface area contributed by atoms with E-state index in [1.807, 2.05) is 0 Å². The van der Waals surface area contributed by atoms with Gasteiger partial charge in [0.15, 0.2) is 0 Å². The van der Waals surface area contributed by atoms with Crippen molar-refractivity contribution >= 4 is 17.2 Å². The maximum absolute atomic E-state index is 7.15. The molecule has 5 nitrogen and oxygen atoms in total. The Balaban J connectivity index is 1.86. The Kier molecular flexibility index (Phi) is 4.41. The first-order chi connectivity index (χ1) is 8.75. The summed E-state index contributed by atoms with van der Waals surface area (Å²) in [7, 11) is 0. The number of hydrogen-bond acceptors (Lipinski definition) is 4. The monoisotopic (exact) mass is 248 g/mol. The van der Waals surface area contributed by atoms with Gasteiger partial charge in [-0.3, -0.25) is 5.41 Å². The minimum absolute atomic E-state index is 0.215. The van der Waals surface area contributed by atoms with E-state index in [9.17, 15) is 0 Å². The number of hydrogen-bond donors (Lipinski definition) is 3. The number of morpholine rings is 1. The van der Waals surface area contributed by atoms with Crippen LogP contribution in [0.1, 0.15) is 6.42 Å². The minimum Gasteiger partial charge on any atom is -0.388 e. The van der Waals surface area contributed by atoms with E-state index in [1.165, 1.54) is 5.69 Å². The van der Waals surface area contributed by atoms with Crippen molar-refractivity contribution in [2.24, 2.45) is 5.73 Å². The Morgan fingerprint density at radius 3 is 2.56 bits per heavy atom. The van der Waals surface area contributed by atoms with Crippen LogP contribution in [0, 0.1) is 5.41 Å². The molecular formula is C13H20N4O. The predicted molar refractivity (Wildman–Crippen MR) is 74.5 cm³/mol. The van der Waals surface area contributed by atoms with Gasteiger partial charge < -0.3 is 20.7 Å². The molecule has 0 aliphatic carbocycles. The molecule has 1 aromatic carbocycles. The highest BCUT2D eigenvalue weighted by Gasteiger charge is 2.10. The Morgan fingerprint density at radius 2 is 1.94 bits per heavy atom. The van der Waals surface area contributed by atoms with E-state index >= 15 is 0 Å². The molecule has 0 atom stereocenters. The zero-order valence-corrected chi connectivity index (χ0v) is 10.5. The van der Waals surface area contributed by atoms with Crippen LogP contribution in [0.25, 0.3) is 0 Å². The molecule has 0 spiro atoms. The number of ether oxygens (including phenoxy) is 1. The van der Waals surface area contributed by atoms with Gasteiger partial charge in [0, 0.05) is 37.4 Å². The molecule has 0 aromatic heterocycles. The van der Waals surface area contributed by atoms with Crippen LogP contribution in [-0.2, 0) is 4.74 Å². The van der Waals surface area contributed by atoms with Crippen molar-refractivity contribution in [2.45, 2.75) is 6.42 Å². The summed E-state index contributed by atoms with van der Waals surface area (Å²) in [4.78, 5) is 2.32. The molecule has 0 saturated carbocycles. The molecule has 1 aliphatic rings. The number of amidine groups is 1. The lowest BCUT2D eigenvalue weighted by Gasteiger charge is -2.28. The molecule has 4 N–H and O–H groups in total. The molecule has 5 heteroatoms. The van der Waals surface area contributed by atoms with E-state index in [0.717, 1.165) is 32.0 Å². The van der Waals surface area contributed by atoms with Gasteiger partial charge in [-0.1, -0.05) is 0 Å². The van der Waals surface area contributed by atoms with Gasteiger partial charge in [-0.25, -0.2) is 0 Å². The third-order valence-electron chi connectivity index (χ3n) is 2.97. The summed E-state index contributed by atoms with van der Waals surface area (Å²) < 4.78 is 5.33. The quantitative estimate of drug-likeness (QED) is 0.542. The van der Waals surface area contributed by atoms with Gasteiger partial charge in [0.25, 0.3) is 0 Å². The summed E-state index contributed by atoms with van der Waals surface area (Å²) >= 11 is 0. The Bertz CT molecular complexity index is 384. The van der Waals surface area contributed by atoms with Crippen LogP contribution in [0.5, 0.6) is 0 Å². The topological polar surface area (TPSA) is 74.4 Å². The highest BCUT2D eigenvalue weighted by Crippen LogP contribution is 2.18. The van der Waals surface area contributed by atoms with E-state index in [1.54, 1.807) is 0 Å². The van der Waals surface area contributed by atoms with Gasteiger partial charge in [-0.05, 0) is 24.3 Å². The summed E-state index contributed by atoms with van der Waals surface area (Å²) in [5.41, 5.74) is 7.60. The fourth-order valence-electron chi connectivity index (χ4n) is 1.95. The molecule has 0 amide bonds. The van der Waals surface area contributed by atoms with Crippen molar-refractivity contribution in [3.05, 3.63) is 24.3 Å². The Morgan fingerprint density at radius 1 is 1.28 bits per heavy atom. The molecule has 2 rings (SSSR count). The standard InChI is InChI=1S/C13H20N4O/c14-13(15)5-6-16-11-1-3-12(4-2-11)17-7-9-18-10-8-17/h1-4,16H,5-10H2,(H3,14,15). The summed E-state index contributed by atoms with van der Waals surface area (Å²) in [5.74, 6) is 0.215. The average molecular weight is 248 g/mol. The molecule has 18 heavy (non-hydrogen) atoms. The van der Waals surface area contributed by atoms with Crippen LogP contribution in [0.4, 0.5) is 11.4 Å². The van der Waals surface area contributed by atoms with Crippen molar-refractivity contribution in [1.29, 1.82) is 5.41 Å². The summed E-state index contributed by atoms with van der Waals surface area (Å²) in [6.45, 7) is 4.22. The lowest BCUT2D eigenvalue weighted by Crippen LogP contribution is -2.36. The molecule has 1 fully saturated rings. The third kappa shape index (κ3) is 3.63. The number of anilines is 2. The van der Waals surface area contributed by atoms with E-state index in [2.05, 4.69) is 34.5 Å². The maximum atomic E-state index is 7.15. The van der Waals surface area contributed by atoms with Crippen molar-refractivity contribution in [1.82, 2.24) is 0 Å². The maximum Gasteiger partial charge on any atom is 0.0923 e. The lowest BCUT2D eigenvalue weighted by atomic mass is 10.2. The lowest BCUT2D eigenvalue weighted by molar-refractivity contribution is 0.122. The van der Waals surface area contributed by atoms with Crippen LogP contribution in [0.15, 0.2) is 24.3 Å². The third-order valence-corrected chi connectivity index (χ3v) is 2.97. The minimum atomic E-state index is 0.215. The van der Waals surface area contributed by atoms with Gasteiger partial charge in [-0.2, -0.15) is 0 Å². The molecule has 0 unspecified atom stereocenters. The van der Waals surface area contributed by atoms with Crippen LogP contribution in [0.3, 0.4) is 0 Å². The molecule has 1 aromatic rings. The van der Waals surface area contributed by atoms with E-state index in [-0.39, 0.29) is 5.84 Å². The molecule has 0 radical (unpaired) electrons. The highest BCUT2D eigenvalue weighted by molar-refractivity contribution is 5.77. The molecule has 1 heterocycles. The van der Waals surface area contributed by atoms with Gasteiger partial charge >= 0.3 is 0 Å². The molecule has 1 aliphatic heterocycles. The number of benzene rings is 1. The SMILES string of the molecule is N=C(N)CCNc1ccc(N2CCOCC2)cc1. The molecule has 1 saturated heterocycles. The number of nitrogens with one attached hydrogen (secondary N) is 2. The highest BCUT2D eigenvalue weighted by atomic mass is 16.5. The predicted octanol–water partition coefficient (Wildman–Crippen LogP) is 1.26. The average Bonchev–Trinajstić information content (AvgIpc) is 2.40. The second-order valence-corrected chi connectivity index (χ2v) is 4.35. The zero-order valence-electron chi connectivity index (χ0n) is 10.5. The second-order valence-electron chi connectivity index (χ2n) is 4.35. The normalized spacial score (nSPS) is 15.4. The first-order valence-electron chi connectivity index (χ1n) is 6.25. The molecular weight excluding hydrogens is 228 g/mol. The van der Waals surface area contributed by atoms with Crippen molar-refractivity contribution in [2.75, 3.05) is 43.1 Å². The Hall–Kier alpha value is -1.75. The van der Waals surface area contributed by atoms with E-state index in [4.69, 9.17) is 15.9 Å². The largest absolute Gasteiger partial charge is 0.388 e. The number of rotatable bonds is 5. The van der Waals surface area contributed by atoms with Crippen molar-refractivity contribution < 1.29 is 4.74 Å². The van der Waals surface area contributed by atoms with Crippen LogP contribution in [0.2, 0.25) is 0 Å². The summed E-state index contributed by atoms with van der Waals surface area (Å²) in [6, 6.07) is 8.35. The van der Waals surface area contributed by atoms with Crippen LogP contribution >= 0.6 is 0 Å². The Labute approximate surface area is 107 Å².